The van der Waals surface area contributed by atoms with Crippen molar-refractivity contribution in [3.8, 4) is 0 Å². The Morgan fingerprint density at radius 1 is 1.35 bits per heavy atom. The fourth-order valence-corrected chi connectivity index (χ4v) is 1.83. The molecule has 5 nitrogen and oxygen atoms in total. The quantitative estimate of drug-likeness (QED) is 0.686. The molecule has 0 radical (unpaired) electrons. The molecule has 1 aromatic carbocycles. The van der Waals surface area contributed by atoms with Crippen LogP contribution in [0.15, 0.2) is 40.8 Å². The number of carbonyl (C=O) groups is 2. The molecule has 104 valence electrons. The Morgan fingerprint density at radius 3 is 2.80 bits per heavy atom. The lowest BCUT2D eigenvalue weighted by Crippen LogP contribution is -2.12. The number of nitrogens with one attached hydrogen (secondary N) is 1. The second-order valence-corrected chi connectivity index (χ2v) is 4.01. The molecule has 1 heterocycles. The molecular weight excluding hydrogens is 258 g/mol. The number of amides is 1. The largest absolute Gasteiger partial charge is 0.460 e. The van der Waals surface area contributed by atoms with Crippen molar-refractivity contribution in [2.24, 2.45) is 0 Å². The Balaban J connectivity index is 2.49. The second-order valence-electron chi connectivity index (χ2n) is 4.01. The molecule has 2 aromatic rings. The van der Waals surface area contributed by atoms with Gasteiger partial charge in [0, 0.05) is 5.39 Å². The van der Waals surface area contributed by atoms with Gasteiger partial charge in [-0.25, -0.2) is 4.79 Å². The molecule has 1 amide bonds. The molecule has 0 saturated carbocycles. The van der Waals surface area contributed by atoms with E-state index in [0.717, 1.165) is 0 Å². The first kappa shape index (κ1) is 13.9. The van der Waals surface area contributed by atoms with Crippen LogP contribution >= 0.6 is 0 Å². The molecule has 0 spiro atoms. The lowest BCUT2D eigenvalue weighted by molar-refractivity contribution is -0.111. The highest BCUT2D eigenvalue weighted by molar-refractivity contribution is 6.11. The average molecular weight is 273 g/mol. The molecular formula is C15H15NO4. The topological polar surface area (TPSA) is 68.5 Å². The first-order valence-electron chi connectivity index (χ1n) is 6.29. The van der Waals surface area contributed by atoms with Crippen LogP contribution in [0.1, 0.15) is 24.4 Å². The lowest BCUT2D eigenvalue weighted by atomic mass is 10.2. The van der Waals surface area contributed by atoms with Crippen LogP contribution in [0.5, 0.6) is 0 Å². The zero-order chi connectivity index (χ0) is 14.5. The van der Waals surface area contributed by atoms with Crippen molar-refractivity contribution in [2.45, 2.75) is 13.8 Å². The van der Waals surface area contributed by atoms with E-state index >= 15 is 0 Å². The third kappa shape index (κ3) is 2.71. The third-order valence-corrected chi connectivity index (χ3v) is 2.62. The average Bonchev–Trinajstić information content (AvgIpc) is 2.78. The van der Waals surface area contributed by atoms with E-state index in [4.69, 9.17) is 9.15 Å². The smallest absolute Gasteiger partial charge is 0.376 e. The highest BCUT2D eigenvalue weighted by atomic mass is 16.5. The Bertz CT molecular complexity index is 670. The molecule has 0 aliphatic carbocycles. The molecule has 0 fully saturated rings. The van der Waals surface area contributed by atoms with Gasteiger partial charge in [-0.2, -0.15) is 0 Å². The summed E-state index contributed by atoms with van der Waals surface area (Å²) >= 11 is 0. The van der Waals surface area contributed by atoms with Crippen LogP contribution in [0.2, 0.25) is 0 Å². The van der Waals surface area contributed by atoms with Gasteiger partial charge in [0.05, 0.1) is 6.61 Å². The van der Waals surface area contributed by atoms with Crippen LogP contribution in [-0.2, 0) is 9.53 Å². The van der Waals surface area contributed by atoms with Gasteiger partial charge >= 0.3 is 5.97 Å². The number of hydrogen-bond donors (Lipinski definition) is 1. The first-order valence-corrected chi connectivity index (χ1v) is 6.29. The minimum Gasteiger partial charge on any atom is -0.460 e. The summed E-state index contributed by atoms with van der Waals surface area (Å²) in [6, 6.07) is 7.09. The number of benzene rings is 1. The number of ether oxygens (including phenoxy) is 1. The first-order chi connectivity index (χ1) is 9.67. The van der Waals surface area contributed by atoms with E-state index in [0.29, 0.717) is 16.7 Å². The summed E-state index contributed by atoms with van der Waals surface area (Å²) in [7, 11) is 0. The van der Waals surface area contributed by atoms with Crippen LogP contribution < -0.4 is 5.32 Å². The molecule has 20 heavy (non-hydrogen) atoms. The number of fused-ring (bicyclic) bond motifs is 1. The molecule has 0 unspecified atom stereocenters. The second kappa shape index (κ2) is 6.06. The van der Waals surface area contributed by atoms with Gasteiger partial charge in [0.2, 0.25) is 11.7 Å². The van der Waals surface area contributed by atoms with Crippen molar-refractivity contribution in [3.63, 3.8) is 0 Å². The van der Waals surface area contributed by atoms with E-state index in [2.05, 4.69) is 5.32 Å². The molecule has 5 heteroatoms. The zero-order valence-electron chi connectivity index (χ0n) is 11.3. The molecule has 0 bridgehead atoms. The summed E-state index contributed by atoms with van der Waals surface area (Å²) < 4.78 is 10.4. The molecule has 0 aliphatic rings. The Labute approximate surface area is 116 Å². The molecule has 1 N–H and O–H groups in total. The van der Waals surface area contributed by atoms with Crippen molar-refractivity contribution in [2.75, 3.05) is 11.9 Å². The number of anilines is 1. The SMILES string of the molecule is CC=CC(=O)Nc1c(C(=O)OCC)oc2ccccc12. The highest BCUT2D eigenvalue weighted by Crippen LogP contribution is 2.31. The highest BCUT2D eigenvalue weighted by Gasteiger charge is 2.22. The lowest BCUT2D eigenvalue weighted by Gasteiger charge is -2.03. The molecule has 2 rings (SSSR count). The van der Waals surface area contributed by atoms with Crippen molar-refractivity contribution >= 4 is 28.5 Å². The number of rotatable bonds is 4. The zero-order valence-corrected chi connectivity index (χ0v) is 11.3. The van der Waals surface area contributed by atoms with E-state index in [1.165, 1.54) is 6.08 Å². The van der Waals surface area contributed by atoms with E-state index in [9.17, 15) is 9.59 Å². The van der Waals surface area contributed by atoms with E-state index in [1.54, 1.807) is 44.2 Å². The van der Waals surface area contributed by atoms with Crippen molar-refractivity contribution in [1.82, 2.24) is 0 Å². The van der Waals surface area contributed by atoms with Gasteiger partial charge in [0.25, 0.3) is 0 Å². The van der Waals surface area contributed by atoms with Gasteiger partial charge in [-0.05, 0) is 32.1 Å². The summed E-state index contributed by atoms with van der Waals surface area (Å²) in [5.41, 5.74) is 0.855. The molecule has 0 saturated heterocycles. The number of hydrogen-bond acceptors (Lipinski definition) is 4. The summed E-state index contributed by atoms with van der Waals surface area (Å²) in [5.74, 6) is -0.921. The monoisotopic (exact) mass is 273 g/mol. The van der Waals surface area contributed by atoms with E-state index in [1.807, 2.05) is 0 Å². The fourth-order valence-electron chi connectivity index (χ4n) is 1.83. The van der Waals surface area contributed by atoms with Crippen molar-refractivity contribution < 1.29 is 18.7 Å². The molecule has 0 atom stereocenters. The normalized spacial score (nSPS) is 10.9. The summed E-state index contributed by atoms with van der Waals surface area (Å²) in [4.78, 5) is 23.6. The Kier molecular flexibility index (Phi) is 4.20. The molecule has 0 aliphatic heterocycles. The Hall–Kier alpha value is -2.56. The Morgan fingerprint density at radius 2 is 2.10 bits per heavy atom. The van der Waals surface area contributed by atoms with Gasteiger partial charge < -0.3 is 14.5 Å². The maximum atomic E-state index is 11.9. The van der Waals surface area contributed by atoms with Crippen LogP contribution in [0.3, 0.4) is 0 Å². The third-order valence-electron chi connectivity index (χ3n) is 2.62. The summed E-state index contributed by atoms with van der Waals surface area (Å²) in [6.07, 6.45) is 2.98. The van der Waals surface area contributed by atoms with Gasteiger partial charge in [0.1, 0.15) is 11.3 Å². The van der Waals surface area contributed by atoms with Crippen LogP contribution in [-0.4, -0.2) is 18.5 Å². The van der Waals surface area contributed by atoms with E-state index < -0.39 is 5.97 Å². The summed E-state index contributed by atoms with van der Waals surface area (Å²) in [6.45, 7) is 3.68. The standard InChI is InChI=1S/C15H15NO4/c1-3-7-12(17)16-13-10-8-5-6-9-11(10)20-14(13)15(18)19-4-2/h3,5-9H,4H2,1-2H3,(H,16,17). The predicted octanol–water partition coefficient (Wildman–Crippen LogP) is 3.12. The van der Waals surface area contributed by atoms with Crippen LogP contribution in [0.4, 0.5) is 5.69 Å². The van der Waals surface area contributed by atoms with E-state index in [-0.39, 0.29) is 18.3 Å². The number of esters is 1. The van der Waals surface area contributed by atoms with Gasteiger partial charge in [-0.3, -0.25) is 4.79 Å². The predicted molar refractivity (Wildman–Crippen MR) is 75.6 cm³/mol. The maximum Gasteiger partial charge on any atom is 0.376 e. The molecule has 1 aromatic heterocycles. The fraction of sp³-hybridized carbons (Fsp3) is 0.200. The number of para-hydroxylation sites is 1. The number of carbonyl (C=O) groups excluding carboxylic acids is 2. The minimum atomic E-state index is -0.598. The minimum absolute atomic E-state index is 0.00547. The van der Waals surface area contributed by atoms with Gasteiger partial charge in [-0.1, -0.05) is 18.2 Å². The van der Waals surface area contributed by atoms with Crippen LogP contribution in [0, 0.1) is 0 Å². The maximum absolute atomic E-state index is 11.9. The van der Waals surface area contributed by atoms with Crippen molar-refractivity contribution in [3.05, 3.63) is 42.2 Å². The van der Waals surface area contributed by atoms with Crippen LogP contribution in [0.25, 0.3) is 11.0 Å². The van der Waals surface area contributed by atoms with Gasteiger partial charge in [-0.15, -0.1) is 0 Å². The number of allylic oxidation sites excluding steroid dienone is 1. The van der Waals surface area contributed by atoms with Crippen molar-refractivity contribution in [1.29, 1.82) is 0 Å². The number of furan rings is 1. The van der Waals surface area contributed by atoms with Gasteiger partial charge in [0.15, 0.2) is 0 Å². The summed E-state index contributed by atoms with van der Waals surface area (Å²) in [5, 5.41) is 3.31.